The van der Waals surface area contributed by atoms with Crippen LogP contribution in [0.15, 0.2) is 24.3 Å². The van der Waals surface area contributed by atoms with E-state index in [1.807, 2.05) is 0 Å². The van der Waals surface area contributed by atoms with Crippen LogP contribution in [0.25, 0.3) is 0 Å². The number of aliphatic hydroxyl groups is 2. The van der Waals surface area contributed by atoms with Crippen molar-refractivity contribution in [1.29, 1.82) is 0 Å². The summed E-state index contributed by atoms with van der Waals surface area (Å²) in [5.74, 6) is 0.831. The van der Waals surface area contributed by atoms with Crippen molar-refractivity contribution in [2.24, 2.45) is 17.8 Å². The maximum absolute atomic E-state index is 10.2. The molecule has 0 saturated heterocycles. The lowest BCUT2D eigenvalue weighted by Crippen LogP contribution is -2.20. The summed E-state index contributed by atoms with van der Waals surface area (Å²) in [4.78, 5) is 0. The zero-order chi connectivity index (χ0) is 16.4. The number of hydrogen-bond acceptors (Lipinski definition) is 2. The minimum atomic E-state index is -0.390. The molecule has 0 aromatic heterocycles. The van der Waals surface area contributed by atoms with E-state index in [9.17, 15) is 10.2 Å². The molecule has 2 N–H and O–H groups in total. The van der Waals surface area contributed by atoms with Gasteiger partial charge in [0.1, 0.15) is 0 Å². The molecule has 1 aliphatic carbocycles. The number of hydrogen-bond donors (Lipinski definition) is 2. The Labute approximate surface area is 137 Å². The van der Waals surface area contributed by atoms with Gasteiger partial charge >= 0.3 is 0 Å². The van der Waals surface area contributed by atoms with Crippen molar-refractivity contribution >= 4 is 0 Å². The fourth-order valence-electron chi connectivity index (χ4n) is 3.46. The highest BCUT2D eigenvalue weighted by molar-refractivity contribution is 5.05. The first-order chi connectivity index (χ1) is 10.6. The van der Waals surface area contributed by atoms with Gasteiger partial charge < -0.3 is 10.2 Å². The number of unbranched alkanes of at least 4 members (excludes halogenated alkanes) is 3. The van der Waals surface area contributed by atoms with Crippen LogP contribution in [0.3, 0.4) is 0 Å². The average molecular weight is 309 g/mol. The Hall–Kier alpha value is -0.600. The largest absolute Gasteiger partial charge is 0.393 e. The van der Waals surface area contributed by atoms with Crippen LogP contribution in [0, 0.1) is 17.8 Å². The van der Waals surface area contributed by atoms with Gasteiger partial charge in [0.05, 0.1) is 12.2 Å². The fourth-order valence-corrected chi connectivity index (χ4v) is 3.46. The van der Waals surface area contributed by atoms with Gasteiger partial charge in [-0.25, -0.2) is 0 Å². The molecule has 0 aromatic rings. The van der Waals surface area contributed by atoms with Gasteiger partial charge in [0.15, 0.2) is 0 Å². The van der Waals surface area contributed by atoms with E-state index < -0.39 is 6.10 Å². The average Bonchev–Trinajstić information content (AvgIpc) is 2.75. The van der Waals surface area contributed by atoms with Gasteiger partial charge in [-0.15, -0.1) is 0 Å². The maximum Gasteiger partial charge on any atom is 0.0631 e. The smallest absolute Gasteiger partial charge is 0.0631 e. The lowest BCUT2D eigenvalue weighted by Gasteiger charge is -2.19. The van der Waals surface area contributed by atoms with Gasteiger partial charge in [0, 0.05) is 12.3 Å². The van der Waals surface area contributed by atoms with Gasteiger partial charge in [-0.2, -0.15) is 0 Å². The monoisotopic (exact) mass is 308 g/mol. The summed E-state index contributed by atoms with van der Waals surface area (Å²) in [6.45, 7) is 6.64. The van der Waals surface area contributed by atoms with Gasteiger partial charge in [-0.1, -0.05) is 64.3 Å². The second-order valence-corrected chi connectivity index (χ2v) is 6.97. The third-order valence-electron chi connectivity index (χ3n) is 4.87. The van der Waals surface area contributed by atoms with Crippen LogP contribution in [-0.2, 0) is 0 Å². The van der Waals surface area contributed by atoms with E-state index in [1.54, 1.807) is 0 Å². The summed E-state index contributed by atoms with van der Waals surface area (Å²) in [5.41, 5.74) is 0. The van der Waals surface area contributed by atoms with E-state index in [0.29, 0.717) is 12.3 Å². The summed E-state index contributed by atoms with van der Waals surface area (Å²) in [7, 11) is 0. The van der Waals surface area contributed by atoms with Crippen LogP contribution in [0.2, 0.25) is 0 Å². The van der Waals surface area contributed by atoms with Crippen molar-refractivity contribution in [2.75, 3.05) is 0 Å². The first kappa shape index (κ1) is 19.4. The van der Waals surface area contributed by atoms with Crippen LogP contribution < -0.4 is 0 Å². The molecule has 1 aliphatic rings. The minimum Gasteiger partial charge on any atom is -0.393 e. The van der Waals surface area contributed by atoms with Gasteiger partial charge in [0.2, 0.25) is 0 Å². The molecule has 0 aromatic carbocycles. The third kappa shape index (κ3) is 6.66. The molecule has 0 heterocycles. The van der Waals surface area contributed by atoms with Crippen molar-refractivity contribution in [1.82, 2.24) is 0 Å². The predicted molar refractivity (Wildman–Crippen MR) is 94.7 cm³/mol. The number of rotatable bonds is 10. The van der Waals surface area contributed by atoms with Gasteiger partial charge in [0.25, 0.3) is 0 Å². The summed E-state index contributed by atoms with van der Waals surface area (Å²) < 4.78 is 0. The molecule has 1 saturated carbocycles. The van der Waals surface area contributed by atoms with Crippen molar-refractivity contribution in [3.05, 3.63) is 24.3 Å². The molecular weight excluding hydrogens is 272 g/mol. The topological polar surface area (TPSA) is 40.5 Å². The minimum absolute atomic E-state index is 0.106. The predicted octanol–water partition coefficient (Wildman–Crippen LogP) is 4.86. The van der Waals surface area contributed by atoms with E-state index in [0.717, 1.165) is 12.8 Å². The molecule has 0 spiro atoms. The maximum atomic E-state index is 10.2. The van der Waals surface area contributed by atoms with Crippen LogP contribution in [0.1, 0.15) is 72.1 Å². The fraction of sp³-hybridized carbons (Fsp3) is 0.800. The van der Waals surface area contributed by atoms with Gasteiger partial charge in [-0.3, -0.25) is 0 Å². The van der Waals surface area contributed by atoms with Crippen LogP contribution in [0.5, 0.6) is 0 Å². The quantitative estimate of drug-likeness (QED) is 0.447. The Balaban J connectivity index is 2.50. The van der Waals surface area contributed by atoms with E-state index >= 15 is 0 Å². The van der Waals surface area contributed by atoms with Crippen molar-refractivity contribution in [3.63, 3.8) is 0 Å². The summed E-state index contributed by atoms with van der Waals surface area (Å²) in [6, 6.07) is 0. The highest BCUT2D eigenvalue weighted by atomic mass is 16.3. The first-order valence-electron chi connectivity index (χ1n) is 9.29. The van der Waals surface area contributed by atoms with Crippen LogP contribution in [-0.4, -0.2) is 22.4 Å². The zero-order valence-electron chi connectivity index (χ0n) is 14.7. The van der Waals surface area contributed by atoms with Crippen molar-refractivity contribution in [2.45, 2.75) is 84.3 Å². The molecule has 1 fully saturated rings. The normalized spacial score (nSPS) is 30.6. The number of allylic oxidation sites excluding steroid dienone is 3. The lowest BCUT2D eigenvalue weighted by atomic mass is 9.89. The third-order valence-corrected chi connectivity index (χ3v) is 4.87. The summed E-state index contributed by atoms with van der Waals surface area (Å²) in [6.07, 6.45) is 16.8. The number of aliphatic hydroxyl groups excluding tert-OH is 2. The highest BCUT2D eigenvalue weighted by Gasteiger charge is 2.39. The highest BCUT2D eigenvalue weighted by Crippen LogP contribution is 2.36. The van der Waals surface area contributed by atoms with Gasteiger partial charge in [-0.05, 0) is 37.5 Å². The molecule has 2 nitrogen and oxygen atoms in total. The molecule has 5 atom stereocenters. The molecule has 2 heteroatoms. The molecule has 128 valence electrons. The van der Waals surface area contributed by atoms with E-state index in [2.05, 4.69) is 45.1 Å². The van der Waals surface area contributed by atoms with Crippen LogP contribution in [0.4, 0.5) is 0 Å². The SMILES string of the molecule is CCCCC/C=C\C[C@@H]1[C@@H](/C=C/C(C)CCC)[C@H](O)C[C@@H]1O. The molecule has 1 rings (SSSR count). The Bertz CT molecular complexity index is 335. The lowest BCUT2D eigenvalue weighted by molar-refractivity contribution is 0.120. The molecule has 22 heavy (non-hydrogen) atoms. The van der Waals surface area contributed by atoms with E-state index in [-0.39, 0.29) is 17.9 Å². The molecule has 0 bridgehead atoms. The molecule has 0 amide bonds. The first-order valence-corrected chi connectivity index (χ1v) is 9.29. The molecule has 0 radical (unpaired) electrons. The molecule has 0 aliphatic heterocycles. The Morgan fingerprint density at radius 3 is 2.50 bits per heavy atom. The Kier molecular flexibility index (Phi) is 9.74. The van der Waals surface area contributed by atoms with E-state index in [4.69, 9.17) is 0 Å². The second-order valence-electron chi connectivity index (χ2n) is 6.97. The Morgan fingerprint density at radius 2 is 1.82 bits per heavy atom. The second kappa shape index (κ2) is 11.0. The molecular formula is C20H36O2. The zero-order valence-corrected chi connectivity index (χ0v) is 14.7. The standard InChI is InChI=1S/C20H36O2/c1-4-6-7-8-9-10-12-17-18(20(22)15-19(17)21)14-13-16(3)11-5-2/h9-10,13-14,16-22H,4-8,11-12,15H2,1-3H3/b10-9-,14-13+/t16?,17-,18-,19+,20-/m1/s1. The van der Waals surface area contributed by atoms with Crippen molar-refractivity contribution in [3.8, 4) is 0 Å². The molecule has 1 unspecified atom stereocenters. The van der Waals surface area contributed by atoms with Crippen LogP contribution >= 0.6 is 0 Å². The summed E-state index contributed by atoms with van der Waals surface area (Å²) in [5, 5.41) is 20.4. The Morgan fingerprint density at radius 1 is 1.05 bits per heavy atom. The summed E-state index contributed by atoms with van der Waals surface area (Å²) >= 11 is 0. The van der Waals surface area contributed by atoms with E-state index in [1.165, 1.54) is 32.1 Å². The van der Waals surface area contributed by atoms with Crippen molar-refractivity contribution < 1.29 is 10.2 Å².